The van der Waals surface area contributed by atoms with Crippen LogP contribution in [0.4, 0.5) is 16.3 Å². The molecule has 13 heteroatoms. The van der Waals surface area contributed by atoms with Gasteiger partial charge in [0.2, 0.25) is 11.8 Å². The van der Waals surface area contributed by atoms with Gasteiger partial charge in [-0.1, -0.05) is 17.7 Å². The Bertz CT molecular complexity index is 1360. The maximum Gasteiger partial charge on any atom is 0.324 e. The van der Waals surface area contributed by atoms with Gasteiger partial charge in [-0.05, 0) is 30.3 Å². The zero-order chi connectivity index (χ0) is 24.2. The van der Waals surface area contributed by atoms with Crippen LogP contribution >= 0.6 is 11.6 Å². The van der Waals surface area contributed by atoms with Gasteiger partial charge >= 0.3 is 6.03 Å². The smallest absolute Gasteiger partial charge is 0.324 e. The second-order valence-electron chi connectivity index (χ2n) is 7.41. The Hall–Kier alpha value is -4.45. The van der Waals surface area contributed by atoms with Gasteiger partial charge in [0, 0.05) is 11.9 Å². The fourth-order valence-corrected chi connectivity index (χ4v) is 3.65. The van der Waals surface area contributed by atoms with Crippen LogP contribution in [0.5, 0.6) is 11.6 Å². The van der Waals surface area contributed by atoms with E-state index in [0.717, 1.165) is 10.6 Å². The molecule has 1 aliphatic heterocycles. The van der Waals surface area contributed by atoms with Gasteiger partial charge in [-0.2, -0.15) is 0 Å². The van der Waals surface area contributed by atoms with Gasteiger partial charge in [0.1, 0.15) is 36.5 Å². The zero-order valence-electron chi connectivity index (χ0n) is 18.2. The van der Waals surface area contributed by atoms with Crippen molar-refractivity contribution in [3.8, 4) is 11.6 Å². The fourth-order valence-electron chi connectivity index (χ4n) is 3.41. The number of rotatable bonds is 9. The normalized spacial score (nSPS) is 13.2. The molecule has 0 bridgehead atoms. The quantitative estimate of drug-likeness (QED) is 0.299. The van der Waals surface area contributed by atoms with Crippen molar-refractivity contribution in [2.45, 2.75) is 6.61 Å². The molecule has 4 aromatic rings. The predicted octanol–water partition coefficient (Wildman–Crippen LogP) is 2.65. The van der Waals surface area contributed by atoms with Gasteiger partial charge in [-0.3, -0.25) is 19.8 Å². The molecule has 4 heterocycles. The van der Waals surface area contributed by atoms with Gasteiger partial charge in [-0.15, -0.1) is 5.10 Å². The molecule has 1 aromatic carbocycles. The highest BCUT2D eigenvalue weighted by molar-refractivity contribution is 6.32. The van der Waals surface area contributed by atoms with E-state index in [1.165, 1.54) is 6.33 Å². The Morgan fingerprint density at radius 3 is 2.80 bits per heavy atom. The summed E-state index contributed by atoms with van der Waals surface area (Å²) in [5.41, 5.74) is 1.90. The highest BCUT2D eigenvalue weighted by Crippen LogP contribution is 2.33. The number of amides is 3. The molecule has 35 heavy (non-hydrogen) atoms. The molecule has 1 aliphatic rings. The summed E-state index contributed by atoms with van der Waals surface area (Å²) in [5.74, 6) is 0.882. The van der Waals surface area contributed by atoms with Crippen LogP contribution in [-0.2, 0) is 11.4 Å². The third-order valence-electron chi connectivity index (χ3n) is 5.11. The van der Waals surface area contributed by atoms with E-state index in [1.807, 2.05) is 18.2 Å². The average molecular weight is 495 g/mol. The van der Waals surface area contributed by atoms with Crippen LogP contribution in [0.3, 0.4) is 0 Å². The Labute approximate surface area is 203 Å². The summed E-state index contributed by atoms with van der Waals surface area (Å²) in [6.07, 6.45) is 3.08. The van der Waals surface area contributed by atoms with Crippen molar-refractivity contribution in [2.75, 3.05) is 25.0 Å². The van der Waals surface area contributed by atoms with E-state index in [9.17, 15) is 9.59 Å². The highest BCUT2D eigenvalue weighted by atomic mass is 35.5. The maximum absolute atomic E-state index is 11.7. The summed E-state index contributed by atoms with van der Waals surface area (Å²) in [4.78, 5) is 37.2. The molecule has 0 atom stereocenters. The first-order valence-electron chi connectivity index (χ1n) is 10.6. The average Bonchev–Trinajstić information content (AvgIpc) is 3.43. The number of hydrogen-bond donors (Lipinski definition) is 3. The number of aromatic amines is 1. The molecule has 178 valence electrons. The summed E-state index contributed by atoms with van der Waals surface area (Å²) in [5, 5.41) is 13.5. The number of anilines is 2. The number of nitrogens with one attached hydrogen (secondary N) is 3. The Balaban J connectivity index is 1.28. The molecule has 0 saturated carbocycles. The van der Waals surface area contributed by atoms with Crippen molar-refractivity contribution in [3.05, 3.63) is 59.6 Å². The first kappa shape index (κ1) is 22.3. The van der Waals surface area contributed by atoms with Crippen LogP contribution in [0.15, 0.2) is 48.9 Å². The molecule has 0 aliphatic carbocycles. The number of hydrogen-bond acceptors (Lipinski definition) is 9. The van der Waals surface area contributed by atoms with E-state index >= 15 is 0 Å². The van der Waals surface area contributed by atoms with E-state index in [1.54, 1.807) is 24.4 Å². The Morgan fingerprint density at radius 1 is 1.11 bits per heavy atom. The van der Waals surface area contributed by atoms with Gasteiger partial charge < -0.3 is 20.1 Å². The monoisotopic (exact) mass is 494 g/mol. The topological polar surface area (TPSA) is 147 Å². The van der Waals surface area contributed by atoms with Crippen LogP contribution in [0.25, 0.3) is 11.0 Å². The molecule has 0 radical (unpaired) electrons. The van der Waals surface area contributed by atoms with E-state index in [2.05, 4.69) is 35.8 Å². The van der Waals surface area contributed by atoms with E-state index in [-0.39, 0.29) is 31.5 Å². The number of H-pyrrole nitrogens is 1. The van der Waals surface area contributed by atoms with Crippen molar-refractivity contribution in [1.29, 1.82) is 0 Å². The van der Waals surface area contributed by atoms with Crippen LogP contribution in [0.1, 0.15) is 5.69 Å². The van der Waals surface area contributed by atoms with Crippen molar-refractivity contribution in [1.82, 2.24) is 35.4 Å². The van der Waals surface area contributed by atoms with Crippen LogP contribution < -0.4 is 20.1 Å². The number of benzene rings is 1. The number of carbonyl (C=O) groups is 2. The lowest BCUT2D eigenvalue weighted by Crippen LogP contribution is -2.34. The summed E-state index contributed by atoms with van der Waals surface area (Å²) < 4.78 is 11.5. The summed E-state index contributed by atoms with van der Waals surface area (Å²) in [6.45, 7) is 0.425. The number of aromatic nitrogens is 5. The number of ether oxygens (including phenoxy) is 2. The second kappa shape index (κ2) is 9.81. The highest BCUT2D eigenvalue weighted by Gasteiger charge is 2.28. The van der Waals surface area contributed by atoms with E-state index < -0.39 is 6.03 Å². The number of nitrogens with zero attached hydrogens (tertiary/aromatic N) is 5. The number of halogens is 1. The van der Waals surface area contributed by atoms with Crippen molar-refractivity contribution in [2.24, 2.45) is 0 Å². The standard InChI is InChI=1S/C22H19ClN8O4/c23-15-9-13(4-5-16(15)35-11-14-3-1-2-6-24-14)28-19-18-20(27-12-26-19)29-30-21(18)34-8-7-31-17(32)10-25-22(31)33/h1-6,9,12H,7-8,10-11H2,(H,25,33)(H2,26,27,28,29,30). The maximum atomic E-state index is 11.7. The molecular weight excluding hydrogens is 476 g/mol. The lowest BCUT2D eigenvalue weighted by Gasteiger charge is -2.13. The van der Waals surface area contributed by atoms with Gasteiger partial charge in [0.25, 0.3) is 0 Å². The molecule has 12 nitrogen and oxygen atoms in total. The second-order valence-corrected chi connectivity index (χ2v) is 7.81. The molecule has 5 rings (SSSR count). The van der Waals surface area contributed by atoms with Gasteiger partial charge in [0.05, 0.1) is 23.8 Å². The number of imide groups is 1. The summed E-state index contributed by atoms with van der Waals surface area (Å²) in [7, 11) is 0. The third kappa shape index (κ3) is 4.92. The zero-order valence-corrected chi connectivity index (χ0v) is 19.0. The molecule has 0 spiro atoms. The Morgan fingerprint density at radius 2 is 2.03 bits per heavy atom. The van der Waals surface area contributed by atoms with Crippen molar-refractivity contribution in [3.63, 3.8) is 0 Å². The number of carbonyl (C=O) groups excluding carboxylic acids is 2. The van der Waals surface area contributed by atoms with Gasteiger partial charge in [-0.25, -0.2) is 14.8 Å². The molecule has 3 N–H and O–H groups in total. The summed E-state index contributed by atoms with van der Waals surface area (Å²) in [6, 6.07) is 10.4. The lowest BCUT2D eigenvalue weighted by molar-refractivity contribution is -0.125. The third-order valence-corrected chi connectivity index (χ3v) is 5.41. The SMILES string of the molecule is O=C1CNC(=O)N1CCOc1n[nH]c2ncnc(Nc3ccc(OCc4ccccn4)c(Cl)c3)c12. The van der Waals surface area contributed by atoms with Crippen LogP contribution in [0.2, 0.25) is 5.02 Å². The molecule has 0 unspecified atom stereocenters. The first-order chi connectivity index (χ1) is 17.1. The van der Waals surface area contributed by atoms with Crippen LogP contribution in [-0.4, -0.2) is 61.7 Å². The predicted molar refractivity (Wildman–Crippen MR) is 126 cm³/mol. The molecule has 3 amide bonds. The van der Waals surface area contributed by atoms with Crippen LogP contribution in [0, 0.1) is 0 Å². The lowest BCUT2D eigenvalue weighted by atomic mass is 10.3. The minimum absolute atomic E-state index is 0.0123. The largest absolute Gasteiger partial charge is 0.486 e. The Kier molecular flexibility index (Phi) is 6.26. The van der Waals surface area contributed by atoms with Gasteiger partial charge in [0.15, 0.2) is 5.65 Å². The van der Waals surface area contributed by atoms with Crippen molar-refractivity contribution >= 4 is 46.1 Å². The van der Waals surface area contributed by atoms with E-state index in [0.29, 0.717) is 39.9 Å². The number of pyridine rings is 1. The summed E-state index contributed by atoms with van der Waals surface area (Å²) >= 11 is 6.42. The number of urea groups is 1. The molecule has 3 aromatic heterocycles. The minimum Gasteiger partial charge on any atom is -0.486 e. The van der Waals surface area contributed by atoms with Crippen molar-refractivity contribution < 1.29 is 19.1 Å². The molecular formula is C22H19ClN8O4. The molecule has 1 fully saturated rings. The number of fused-ring (bicyclic) bond motifs is 1. The van der Waals surface area contributed by atoms with E-state index in [4.69, 9.17) is 21.1 Å². The molecule has 1 saturated heterocycles. The minimum atomic E-state index is -0.444. The fraction of sp³-hybridized carbons (Fsp3) is 0.182. The first-order valence-corrected chi connectivity index (χ1v) is 11.0.